The van der Waals surface area contributed by atoms with E-state index in [-0.39, 0.29) is 33.1 Å². The second-order valence-corrected chi connectivity index (χ2v) is 12.4. The van der Waals surface area contributed by atoms with Crippen LogP contribution in [0.15, 0.2) is 71.8 Å². The van der Waals surface area contributed by atoms with E-state index in [1.165, 1.54) is 45.2 Å². The van der Waals surface area contributed by atoms with Crippen LogP contribution >= 0.6 is 44.8 Å². The fourth-order valence-corrected chi connectivity index (χ4v) is 6.26. The van der Waals surface area contributed by atoms with Gasteiger partial charge in [0.2, 0.25) is 0 Å². The van der Waals surface area contributed by atoms with E-state index in [1.807, 2.05) is 0 Å². The molecule has 4 aromatic heterocycles. The summed E-state index contributed by atoms with van der Waals surface area (Å²) in [6, 6.07) is 7.09. The highest BCUT2D eigenvalue weighted by atomic mass is 35.5. The van der Waals surface area contributed by atoms with E-state index >= 15 is 0 Å². The van der Waals surface area contributed by atoms with Gasteiger partial charge in [-0.2, -0.15) is 10.2 Å². The van der Waals surface area contributed by atoms with Gasteiger partial charge in [-0.1, -0.05) is 55.1 Å². The Balaban J connectivity index is 1.39. The molecule has 4 rings (SSSR count). The Hall–Kier alpha value is -4.12. The molecule has 0 spiro atoms. The summed E-state index contributed by atoms with van der Waals surface area (Å²) in [7, 11) is 5.23. The summed E-state index contributed by atoms with van der Waals surface area (Å²) in [6.07, 6.45) is 9.61. The van der Waals surface area contributed by atoms with Crippen molar-refractivity contribution >= 4 is 79.4 Å². The van der Waals surface area contributed by atoms with Crippen LogP contribution < -0.4 is 10.6 Å². The van der Waals surface area contributed by atoms with E-state index in [9.17, 15) is 9.59 Å². The number of carbonyl (C=O) groups is 2. The van der Waals surface area contributed by atoms with Gasteiger partial charge in [0.05, 0.1) is 58.0 Å². The number of oxime groups is 2. The third-order valence-corrected chi connectivity index (χ3v) is 9.37. The lowest BCUT2D eigenvalue weighted by Gasteiger charge is -2.17. The molecule has 0 bridgehead atoms. The number of aromatic nitrogens is 6. The number of halogens is 2. The summed E-state index contributed by atoms with van der Waals surface area (Å²) >= 11 is 12.5. The molecule has 230 valence electrons. The maximum atomic E-state index is 13.2. The molecule has 0 aliphatic rings. The fraction of sp³-hybridized carbons (Fsp3) is 0.231. The van der Waals surface area contributed by atoms with Crippen molar-refractivity contribution in [3.63, 3.8) is 0 Å². The lowest BCUT2D eigenvalue weighted by molar-refractivity contribution is -0.111. The number of rotatable bonds is 13. The number of pyridine rings is 2. The first-order valence-electron chi connectivity index (χ1n) is 12.7. The van der Waals surface area contributed by atoms with E-state index in [4.69, 9.17) is 32.9 Å². The minimum atomic E-state index is -0.545. The van der Waals surface area contributed by atoms with Gasteiger partial charge in [0.1, 0.15) is 14.2 Å². The maximum Gasteiger partial charge on any atom is 0.274 e. The van der Waals surface area contributed by atoms with Gasteiger partial charge in [0.15, 0.2) is 21.7 Å². The second-order valence-electron chi connectivity index (χ2n) is 8.68. The van der Waals surface area contributed by atoms with Gasteiger partial charge in [-0.15, -0.1) is 0 Å². The Kier molecular flexibility index (Phi) is 11.6. The molecule has 4 heterocycles. The van der Waals surface area contributed by atoms with Gasteiger partial charge < -0.3 is 20.3 Å². The Morgan fingerprint density at radius 1 is 0.795 bits per heavy atom. The molecule has 2 N–H and O–H groups in total. The van der Waals surface area contributed by atoms with Gasteiger partial charge in [-0.3, -0.25) is 19.6 Å². The van der Waals surface area contributed by atoms with Crippen LogP contribution in [-0.4, -0.2) is 77.5 Å². The van der Waals surface area contributed by atoms with Gasteiger partial charge in [-0.25, -0.2) is 9.36 Å². The van der Waals surface area contributed by atoms with Crippen molar-refractivity contribution in [2.75, 3.05) is 24.9 Å². The first-order valence-corrected chi connectivity index (χ1v) is 15.7. The van der Waals surface area contributed by atoms with Gasteiger partial charge in [0, 0.05) is 12.4 Å². The zero-order valence-corrected chi connectivity index (χ0v) is 26.9. The number of amides is 2. The number of anilines is 2. The normalized spacial score (nSPS) is 13.2. The van der Waals surface area contributed by atoms with E-state index in [2.05, 4.69) is 41.1 Å². The first-order chi connectivity index (χ1) is 21.2. The first kappa shape index (κ1) is 32.8. The lowest BCUT2D eigenvalue weighted by Crippen LogP contribution is -2.32. The van der Waals surface area contributed by atoms with Crippen LogP contribution in [0.5, 0.6) is 0 Å². The summed E-state index contributed by atoms with van der Waals surface area (Å²) in [5.74, 6) is -1.09. The third-order valence-electron chi connectivity index (χ3n) is 5.61. The Bertz CT molecular complexity index is 1530. The van der Waals surface area contributed by atoms with Crippen LogP contribution in [0.4, 0.5) is 11.4 Å². The van der Waals surface area contributed by atoms with E-state index < -0.39 is 22.3 Å². The van der Waals surface area contributed by atoms with Crippen molar-refractivity contribution in [1.82, 2.24) is 29.5 Å². The number of nitrogens with one attached hydrogen (secondary N) is 2. The average molecular weight is 678 g/mol. The molecular weight excluding hydrogens is 651 g/mol. The summed E-state index contributed by atoms with van der Waals surface area (Å²) < 4.78 is 2.99. The van der Waals surface area contributed by atoms with Crippen molar-refractivity contribution in [3.8, 4) is 11.4 Å². The standard InChI is InChI=1S/C26H26Cl2N10O4S2/c1-15(21(35-41-3)25(39)31-19-13-37(33-23(19)27)17-7-5-9-29-11-17)43-44-16(2)22(36-42-4)26(40)32-20-14-38(34-24(20)28)18-8-6-10-30-12-18/h5-16H,1-4H3,(H,31,39)(H,32,40). The van der Waals surface area contributed by atoms with Gasteiger partial charge in [-0.05, 0) is 38.1 Å². The van der Waals surface area contributed by atoms with E-state index in [0.717, 1.165) is 0 Å². The molecule has 18 heteroatoms. The summed E-state index contributed by atoms with van der Waals surface area (Å²) in [4.78, 5) is 44.4. The number of carbonyl (C=O) groups excluding carboxylic acids is 2. The van der Waals surface area contributed by atoms with Gasteiger partial charge in [0.25, 0.3) is 11.8 Å². The number of hydrogen-bond donors (Lipinski definition) is 2. The zero-order valence-electron chi connectivity index (χ0n) is 23.7. The van der Waals surface area contributed by atoms with Crippen molar-refractivity contribution in [2.45, 2.75) is 24.3 Å². The molecule has 44 heavy (non-hydrogen) atoms. The quantitative estimate of drug-likeness (QED) is 0.113. The van der Waals surface area contributed by atoms with Gasteiger partial charge >= 0.3 is 0 Å². The van der Waals surface area contributed by atoms with Crippen LogP contribution in [0.1, 0.15) is 13.8 Å². The lowest BCUT2D eigenvalue weighted by atomic mass is 10.2. The zero-order chi connectivity index (χ0) is 31.6. The summed E-state index contributed by atoms with van der Waals surface area (Å²) in [6.45, 7) is 3.53. The van der Waals surface area contributed by atoms with Crippen molar-refractivity contribution in [2.24, 2.45) is 10.3 Å². The van der Waals surface area contributed by atoms with E-state index in [0.29, 0.717) is 11.4 Å². The molecule has 4 aromatic rings. The van der Waals surface area contributed by atoms with Crippen molar-refractivity contribution in [3.05, 3.63) is 71.8 Å². The summed E-state index contributed by atoms with van der Waals surface area (Å²) in [5, 5.41) is 20.9. The minimum absolute atomic E-state index is 0.0756. The van der Waals surface area contributed by atoms with Crippen LogP contribution in [0.3, 0.4) is 0 Å². The smallest absolute Gasteiger partial charge is 0.274 e. The van der Waals surface area contributed by atoms with Crippen LogP contribution in [0, 0.1) is 0 Å². The van der Waals surface area contributed by atoms with E-state index in [1.54, 1.807) is 75.3 Å². The molecule has 0 aromatic carbocycles. The molecule has 0 aliphatic heterocycles. The highest BCUT2D eigenvalue weighted by Crippen LogP contribution is 2.33. The second kappa shape index (κ2) is 15.6. The molecule has 0 radical (unpaired) electrons. The van der Waals surface area contributed by atoms with Crippen molar-refractivity contribution < 1.29 is 19.3 Å². The number of nitrogens with zero attached hydrogens (tertiary/aromatic N) is 8. The summed E-state index contributed by atoms with van der Waals surface area (Å²) in [5.41, 5.74) is 2.03. The third kappa shape index (κ3) is 8.28. The Morgan fingerprint density at radius 2 is 1.20 bits per heavy atom. The highest BCUT2D eigenvalue weighted by Gasteiger charge is 2.27. The Labute approximate surface area is 270 Å². The van der Waals surface area contributed by atoms with Crippen molar-refractivity contribution in [1.29, 1.82) is 0 Å². The molecule has 0 aliphatic carbocycles. The molecule has 2 atom stereocenters. The predicted molar refractivity (Wildman–Crippen MR) is 173 cm³/mol. The molecular formula is C26H26Cl2N10O4S2. The van der Waals surface area contributed by atoms with Crippen LogP contribution in [-0.2, 0) is 19.3 Å². The number of hydrogen-bond acceptors (Lipinski definition) is 12. The molecule has 2 unspecified atom stereocenters. The molecule has 14 nitrogen and oxygen atoms in total. The predicted octanol–water partition coefficient (Wildman–Crippen LogP) is 4.90. The van der Waals surface area contributed by atoms with Crippen LogP contribution in [0.2, 0.25) is 10.3 Å². The topological polar surface area (TPSA) is 163 Å². The minimum Gasteiger partial charge on any atom is -0.399 e. The van der Waals surface area contributed by atoms with Crippen LogP contribution in [0.25, 0.3) is 11.4 Å². The molecule has 2 amide bonds. The maximum absolute atomic E-state index is 13.2. The molecule has 0 fully saturated rings. The Morgan fingerprint density at radius 3 is 1.55 bits per heavy atom. The highest BCUT2D eigenvalue weighted by molar-refractivity contribution is 8.77. The average Bonchev–Trinajstić information content (AvgIpc) is 3.59. The fourth-order valence-electron chi connectivity index (χ4n) is 3.54. The molecule has 0 saturated heterocycles. The largest absolute Gasteiger partial charge is 0.399 e. The molecule has 0 saturated carbocycles. The monoisotopic (exact) mass is 676 g/mol. The SMILES string of the molecule is CON=C(C(=O)Nc1cn(-c2cccnc2)nc1Cl)C(C)SSC(C)C(=NOC)C(=O)Nc1cn(-c2cccnc2)nc1Cl.